The van der Waals surface area contributed by atoms with Gasteiger partial charge >= 0.3 is 12.3 Å². The summed E-state index contributed by atoms with van der Waals surface area (Å²) in [5.41, 5.74) is -2.23. The standard InChI is InChI=1S/C31H42F4N4O4/c1-10-38(22-11-18(3)39(19(4)12-22)29(42)43-30(6,7)8)26-15-21(32)14-23(20(26)5)27(40)36-16-24-25(31(33,34)35)13-17(2)37(9)28(24)41/h13-15,18-19,22H,10-12,16H2,1-9H3,(H,36,40). The van der Waals surface area contributed by atoms with Gasteiger partial charge < -0.3 is 24.4 Å². The van der Waals surface area contributed by atoms with Gasteiger partial charge in [0.1, 0.15) is 11.4 Å². The number of piperidine rings is 1. The van der Waals surface area contributed by atoms with Crippen molar-refractivity contribution in [2.75, 3.05) is 11.4 Å². The highest BCUT2D eigenvalue weighted by molar-refractivity contribution is 5.97. The molecule has 0 saturated carbocycles. The van der Waals surface area contributed by atoms with Crippen LogP contribution in [0.4, 0.5) is 28.0 Å². The van der Waals surface area contributed by atoms with Crippen LogP contribution in [-0.4, -0.2) is 51.7 Å². The quantitative estimate of drug-likeness (QED) is 0.400. The number of nitrogens with zero attached hydrogens (tertiary/aromatic N) is 3. The summed E-state index contributed by atoms with van der Waals surface area (Å²) in [6, 6.07) is 2.81. The number of aryl methyl sites for hydroxylation is 1. The van der Waals surface area contributed by atoms with Crippen LogP contribution in [0, 0.1) is 19.7 Å². The second-order valence-electron chi connectivity index (χ2n) is 12.3. The van der Waals surface area contributed by atoms with Crippen LogP contribution in [0.2, 0.25) is 0 Å². The van der Waals surface area contributed by atoms with Crippen LogP contribution >= 0.6 is 0 Å². The molecule has 0 radical (unpaired) electrons. The minimum atomic E-state index is -4.80. The number of carbonyl (C=O) groups excluding carboxylic acids is 2. The van der Waals surface area contributed by atoms with Crippen molar-refractivity contribution in [3.63, 3.8) is 0 Å². The van der Waals surface area contributed by atoms with Crippen molar-refractivity contribution in [2.24, 2.45) is 7.05 Å². The highest BCUT2D eigenvalue weighted by Crippen LogP contribution is 2.35. The van der Waals surface area contributed by atoms with Gasteiger partial charge in [-0.25, -0.2) is 9.18 Å². The number of likely N-dealkylation sites (tertiary alicyclic amines) is 1. The van der Waals surface area contributed by atoms with E-state index in [1.807, 2.05) is 46.4 Å². The number of anilines is 1. The fraction of sp³-hybridized carbons (Fsp3) is 0.581. The lowest BCUT2D eigenvalue weighted by Crippen LogP contribution is -2.56. The van der Waals surface area contributed by atoms with Crippen LogP contribution in [0.25, 0.3) is 0 Å². The molecule has 0 bridgehead atoms. The van der Waals surface area contributed by atoms with Crippen LogP contribution in [0.15, 0.2) is 23.0 Å². The maximum absolute atomic E-state index is 15.0. The molecule has 1 aromatic heterocycles. The van der Waals surface area contributed by atoms with Gasteiger partial charge in [0, 0.05) is 60.8 Å². The SMILES string of the molecule is CCN(c1cc(F)cc(C(=O)NCc2c(C(F)(F)F)cc(C)n(C)c2=O)c1C)C1CC(C)N(C(=O)OC(C)(C)C)C(C)C1. The molecule has 1 aliphatic rings. The van der Waals surface area contributed by atoms with Gasteiger partial charge in [-0.05, 0) is 92.0 Å². The van der Waals surface area contributed by atoms with Crippen molar-refractivity contribution in [1.82, 2.24) is 14.8 Å². The first-order valence-electron chi connectivity index (χ1n) is 14.4. The first kappa shape index (κ1) is 33.9. The molecule has 2 unspecified atom stereocenters. The van der Waals surface area contributed by atoms with Gasteiger partial charge in [-0.1, -0.05) is 0 Å². The Balaban J connectivity index is 1.89. The molecule has 2 amide bonds. The molecule has 1 fully saturated rings. The number of hydrogen-bond acceptors (Lipinski definition) is 5. The fourth-order valence-corrected chi connectivity index (χ4v) is 5.86. The van der Waals surface area contributed by atoms with Gasteiger partial charge in [0.2, 0.25) is 0 Å². The summed E-state index contributed by atoms with van der Waals surface area (Å²) < 4.78 is 62.8. The van der Waals surface area contributed by atoms with Crippen molar-refractivity contribution in [1.29, 1.82) is 0 Å². The average molecular weight is 611 g/mol. The number of benzene rings is 1. The molecule has 1 aliphatic heterocycles. The number of aromatic nitrogens is 1. The van der Waals surface area contributed by atoms with E-state index in [-0.39, 0.29) is 29.4 Å². The number of hydrogen-bond donors (Lipinski definition) is 1. The van der Waals surface area contributed by atoms with E-state index < -0.39 is 52.8 Å². The van der Waals surface area contributed by atoms with Crippen LogP contribution in [0.1, 0.15) is 87.1 Å². The molecule has 12 heteroatoms. The number of nitrogens with one attached hydrogen (secondary N) is 1. The lowest BCUT2D eigenvalue weighted by atomic mass is 9.90. The fourth-order valence-electron chi connectivity index (χ4n) is 5.86. The van der Waals surface area contributed by atoms with E-state index in [1.165, 1.54) is 20.0 Å². The molecule has 3 rings (SSSR count). The minimum absolute atomic E-state index is 0.0433. The predicted molar refractivity (Wildman–Crippen MR) is 157 cm³/mol. The monoisotopic (exact) mass is 610 g/mol. The van der Waals surface area contributed by atoms with Crippen molar-refractivity contribution in [3.05, 3.63) is 62.3 Å². The normalized spacial score (nSPS) is 19.3. The Morgan fingerprint density at radius 1 is 1.07 bits per heavy atom. The summed E-state index contributed by atoms with van der Waals surface area (Å²) in [7, 11) is 1.35. The van der Waals surface area contributed by atoms with E-state index >= 15 is 0 Å². The van der Waals surface area contributed by atoms with E-state index in [0.29, 0.717) is 30.6 Å². The van der Waals surface area contributed by atoms with E-state index in [2.05, 4.69) is 5.32 Å². The van der Waals surface area contributed by atoms with Crippen LogP contribution < -0.4 is 15.8 Å². The molecule has 2 atom stereocenters. The maximum atomic E-state index is 15.0. The molecule has 8 nitrogen and oxygen atoms in total. The average Bonchev–Trinajstić information content (AvgIpc) is 2.86. The Kier molecular flexibility index (Phi) is 9.92. The van der Waals surface area contributed by atoms with Gasteiger partial charge in [0.05, 0.1) is 5.56 Å². The zero-order valence-electron chi connectivity index (χ0n) is 26.3. The van der Waals surface area contributed by atoms with Crippen molar-refractivity contribution in [2.45, 2.75) is 105 Å². The summed E-state index contributed by atoms with van der Waals surface area (Å²) in [5, 5.41) is 2.40. The number of alkyl halides is 3. The summed E-state index contributed by atoms with van der Waals surface area (Å²) in [6.45, 7) is 14.0. The summed E-state index contributed by atoms with van der Waals surface area (Å²) in [5.74, 6) is -1.48. The van der Waals surface area contributed by atoms with Crippen LogP contribution in [0.5, 0.6) is 0 Å². The van der Waals surface area contributed by atoms with Crippen LogP contribution in [0.3, 0.4) is 0 Å². The zero-order valence-corrected chi connectivity index (χ0v) is 26.3. The Morgan fingerprint density at radius 3 is 2.16 bits per heavy atom. The van der Waals surface area contributed by atoms with Gasteiger partial charge in [-0.3, -0.25) is 9.59 Å². The molecule has 1 N–H and O–H groups in total. The van der Waals surface area contributed by atoms with Crippen molar-refractivity contribution < 1.29 is 31.9 Å². The molecular formula is C31H42F4N4O4. The van der Waals surface area contributed by atoms with E-state index in [4.69, 9.17) is 4.74 Å². The number of halogens is 4. The van der Waals surface area contributed by atoms with E-state index in [0.717, 1.165) is 16.7 Å². The molecule has 43 heavy (non-hydrogen) atoms. The second-order valence-corrected chi connectivity index (χ2v) is 12.3. The Hall–Kier alpha value is -3.57. The summed E-state index contributed by atoms with van der Waals surface area (Å²) >= 11 is 0. The molecule has 0 aliphatic carbocycles. The molecule has 238 valence electrons. The topological polar surface area (TPSA) is 83.9 Å². The number of ether oxygens (including phenoxy) is 1. The van der Waals surface area contributed by atoms with E-state index in [9.17, 15) is 31.9 Å². The molecule has 2 aromatic rings. The van der Waals surface area contributed by atoms with Gasteiger partial charge in [0.15, 0.2) is 0 Å². The number of rotatable bonds is 6. The number of amides is 2. The molecule has 2 heterocycles. The third-order valence-electron chi connectivity index (χ3n) is 7.96. The summed E-state index contributed by atoms with van der Waals surface area (Å²) in [4.78, 5) is 42.5. The number of carbonyl (C=O) groups is 2. The predicted octanol–water partition coefficient (Wildman–Crippen LogP) is 6.09. The van der Waals surface area contributed by atoms with Gasteiger partial charge in [0.25, 0.3) is 11.5 Å². The molecular weight excluding hydrogens is 568 g/mol. The maximum Gasteiger partial charge on any atom is 0.417 e. The Bertz CT molecular complexity index is 1420. The molecule has 0 spiro atoms. The van der Waals surface area contributed by atoms with Crippen molar-refractivity contribution in [3.8, 4) is 0 Å². The zero-order chi connectivity index (χ0) is 32.6. The molecule has 1 aromatic carbocycles. The van der Waals surface area contributed by atoms with Gasteiger partial charge in [-0.2, -0.15) is 13.2 Å². The lowest BCUT2D eigenvalue weighted by molar-refractivity contribution is -0.138. The first-order chi connectivity index (χ1) is 19.8. The van der Waals surface area contributed by atoms with E-state index in [1.54, 1.807) is 11.8 Å². The third-order valence-corrected chi connectivity index (χ3v) is 7.96. The lowest BCUT2D eigenvalue weighted by Gasteiger charge is -2.47. The third kappa shape index (κ3) is 7.51. The Morgan fingerprint density at radius 2 is 1.65 bits per heavy atom. The molecule has 1 saturated heterocycles. The highest BCUT2D eigenvalue weighted by Gasteiger charge is 2.39. The highest BCUT2D eigenvalue weighted by atomic mass is 19.4. The van der Waals surface area contributed by atoms with Gasteiger partial charge in [-0.15, -0.1) is 0 Å². The Labute approximate surface area is 250 Å². The first-order valence-corrected chi connectivity index (χ1v) is 14.4. The largest absolute Gasteiger partial charge is 0.444 e. The smallest absolute Gasteiger partial charge is 0.417 e. The minimum Gasteiger partial charge on any atom is -0.444 e. The van der Waals surface area contributed by atoms with Crippen molar-refractivity contribution >= 4 is 17.7 Å². The summed E-state index contributed by atoms with van der Waals surface area (Å²) in [6.07, 6.45) is -4.04. The second kappa shape index (κ2) is 12.6. The number of pyridine rings is 1. The van der Waals surface area contributed by atoms with Crippen LogP contribution in [-0.2, 0) is 24.5 Å².